The van der Waals surface area contributed by atoms with E-state index >= 15 is 0 Å². The molecule has 0 aliphatic heterocycles. The minimum absolute atomic E-state index is 0.632. The molecule has 0 aromatic heterocycles. The summed E-state index contributed by atoms with van der Waals surface area (Å²) in [5, 5.41) is 3.72. The lowest BCUT2D eigenvalue weighted by Gasteiger charge is -2.29. The molecule has 1 nitrogen and oxygen atoms in total. The molecule has 2 unspecified atom stereocenters. The van der Waals surface area contributed by atoms with Gasteiger partial charge in [0.05, 0.1) is 0 Å². The van der Waals surface area contributed by atoms with Crippen LogP contribution in [0, 0.1) is 11.8 Å². The van der Waals surface area contributed by atoms with E-state index in [2.05, 4.69) is 39.1 Å². The van der Waals surface area contributed by atoms with Gasteiger partial charge in [0.25, 0.3) is 0 Å². The summed E-state index contributed by atoms with van der Waals surface area (Å²) >= 11 is 0. The molecular weight excluding hydrogens is 182 g/mol. The van der Waals surface area contributed by atoms with Crippen molar-refractivity contribution >= 4 is 0 Å². The highest BCUT2D eigenvalue weighted by Crippen LogP contribution is 2.28. The van der Waals surface area contributed by atoms with Crippen LogP contribution in [0.15, 0.2) is 11.6 Å². The molecule has 1 heteroatoms. The molecule has 0 aromatic carbocycles. The second-order valence-electron chi connectivity index (χ2n) is 5.21. The van der Waals surface area contributed by atoms with Crippen molar-refractivity contribution in [2.24, 2.45) is 11.8 Å². The summed E-state index contributed by atoms with van der Waals surface area (Å²) in [7, 11) is 0. The Labute approximate surface area is 95.3 Å². The van der Waals surface area contributed by atoms with E-state index in [0.717, 1.165) is 18.4 Å². The Bertz CT molecular complexity index is 205. The van der Waals surface area contributed by atoms with Gasteiger partial charge in [0.2, 0.25) is 0 Å². The van der Waals surface area contributed by atoms with Crippen LogP contribution in [0.1, 0.15) is 53.4 Å². The molecule has 2 atom stereocenters. The van der Waals surface area contributed by atoms with Gasteiger partial charge >= 0.3 is 0 Å². The Kier molecular flexibility index (Phi) is 5.38. The smallest absolute Gasteiger partial charge is 0.0307 e. The van der Waals surface area contributed by atoms with Gasteiger partial charge in [0.1, 0.15) is 0 Å². The number of nitrogens with one attached hydrogen (secondary N) is 1. The highest BCUT2D eigenvalue weighted by Gasteiger charge is 2.24. The molecule has 1 aliphatic carbocycles. The molecule has 88 valence electrons. The first kappa shape index (κ1) is 12.8. The van der Waals surface area contributed by atoms with Gasteiger partial charge in [-0.05, 0) is 44.1 Å². The largest absolute Gasteiger partial charge is 0.310 e. The third kappa shape index (κ3) is 3.64. The molecule has 0 fully saturated rings. The average Bonchev–Trinajstić information content (AvgIpc) is 2.71. The maximum Gasteiger partial charge on any atom is 0.0307 e. The highest BCUT2D eigenvalue weighted by atomic mass is 14.9. The second-order valence-corrected chi connectivity index (χ2v) is 5.21. The van der Waals surface area contributed by atoms with Crippen LogP contribution in [0.25, 0.3) is 0 Å². The molecule has 1 rings (SSSR count). The van der Waals surface area contributed by atoms with Crippen LogP contribution in [-0.2, 0) is 0 Å². The highest BCUT2D eigenvalue weighted by molar-refractivity contribution is 5.16. The van der Waals surface area contributed by atoms with Gasteiger partial charge in [-0.25, -0.2) is 0 Å². The Morgan fingerprint density at radius 1 is 1.33 bits per heavy atom. The van der Waals surface area contributed by atoms with Crippen molar-refractivity contribution in [3.8, 4) is 0 Å². The summed E-state index contributed by atoms with van der Waals surface area (Å²) in [6, 6.07) is 0.632. The minimum Gasteiger partial charge on any atom is -0.310 e. The topological polar surface area (TPSA) is 12.0 Å². The number of allylic oxidation sites excluding steroid dienone is 1. The first-order valence-electron chi connectivity index (χ1n) is 6.59. The Hall–Kier alpha value is -0.300. The maximum atomic E-state index is 3.72. The Morgan fingerprint density at radius 2 is 2.07 bits per heavy atom. The summed E-state index contributed by atoms with van der Waals surface area (Å²) in [6.07, 6.45) is 7.67. The van der Waals surface area contributed by atoms with Crippen molar-refractivity contribution in [2.75, 3.05) is 6.54 Å². The Balaban J connectivity index is 2.59. The van der Waals surface area contributed by atoms with Gasteiger partial charge in [-0.3, -0.25) is 0 Å². The number of rotatable bonds is 6. The van der Waals surface area contributed by atoms with Crippen molar-refractivity contribution in [3.05, 3.63) is 11.6 Å². The monoisotopic (exact) mass is 209 g/mol. The van der Waals surface area contributed by atoms with Crippen LogP contribution in [0.5, 0.6) is 0 Å². The molecule has 0 aromatic rings. The van der Waals surface area contributed by atoms with E-state index in [1.165, 1.54) is 25.7 Å². The molecule has 0 heterocycles. The molecule has 0 saturated carbocycles. The van der Waals surface area contributed by atoms with Crippen molar-refractivity contribution in [2.45, 2.75) is 59.4 Å². The van der Waals surface area contributed by atoms with E-state index in [-0.39, 0.29) is 0 Å². The summed E-state index contributed by atoms with van der Waals surface area (Å²) in [6.45, 7) is 10.4. The lowest BCUT2D eigenvalue weighted by atomic mass is 9.85. The first-order valence-corrected chi connectivity index (χ1v) is 6.59. The minimum atomic E-state index is 0.632. The summed E-state index contributed by atoms with van der Waals surface area (Å²) < 4.78 is 0. The summed E-state index contributed by atoms with van der Waals surface area (Å²) in [4.78, 5) is 0. The number of hydrogen-bond acceptors (Lipinski definition) is 1. The third-order valence-corrected chi connectivity index (χ3v) is 3.67. The fourth-order valence-electron chi connectivity index (χ4n) is 2.32. The van der Waals surface area contributed by atoms with E-state index < -0.39 is 0 Å². The molecule has 0 amide bonds. The SMILES string of the molecule is CCCNC(C1=CCCC1)C(C)C(C)C. The van der Waals surface area contributed by atoms with Crippen molar-refractivity contribution in [1.29, 1.82) is 0 Å². The van der Waals surface area contributed by atoms with Crippen LogP contribution in [0.3, 0.4) is 0 Å². The zero-order valence-electron chi connectivity index (χ0n) is 10.8. The van der Waals surface area contributed by atoms with Crippen molar-refractivity contribution in [3.63, 3.8) is 0 Å². The molecule has 1 aliphatic rings. The zero-order valence-corrected chi connectivity index (χ0v) is 10.8. The van der Waals surface area contributed by atoms with Gasteiger partial charge in [-0.1, -0.05) is 39.3 Å². The van der Waals surface area contributed by atoms with Gasteiger partial charge in [-0.2, -0.15) is 0 Å². The number of hydrogen-bond donors (Lipinski definition) is 1. The lowest BCUT2D eigenvalue weighted by Crippen LogP contribution is -2.39. The predicted molar refractivity (Wildman–Crippen MR) is 68.0 cm³/mol. The van der Waals surface area contributed by atoms with E-state index in [4.69, 9.17) is 0 Å². The van der Waals surface area contributed by atoms with E-state index in [0.29, 0.717) is 6.04 Å². The molecular formula is C14H27N. The van der Waals surface area contributed by atoms with Crippen LogP contribution in [0.2, 0.25) is 0 Å². The average molecular weight is 209 g/mol. The van der Waals surface area contributed by atoms with Crippen molar-refractivity contribution < 1.29 is 0 Å². The summed E-state index contributed by atoms with van der Waals surface area (Å²) in [5.41, 5.74) is 1.67. The van der Waals surface area contributed by atoms with Crippen molar-refractivity contribution in [1.82, 2.24) is 5.32 Å². The van der Waals surface area contributed by atoms with Gasteiger partial charge in [-0.15, -0.1) is 0 Å². The standard InChI is InChI=1S/C14H27N/c1-5-10-15-14(12(4)11(2)3)13-8-6-7-9-13/h8,11-12,14-15H,5-7,9-10H2,1-4H3. The zero-order chi connectivity index (χ0) is 11.3. The predicted octanol–water partition coefficient (Wildman–Crippen LogP) is 3.76. The normalized spacial score (nSPS) is 20.5. The van der Waals surface area contributed by atoms with Crippen LogP contribution in [0.4, 0.5) is 0 Å². The first-order chi connectivity index (χ1) is 7.16. The quantitative estimate of drug-likeness (QED) is 0.657. The molecule has 1 N–H and O–H groups in total. The third-order valence-electron chi connectivity index (χ3n) is 3.67. The molecule has 0 bridgehead atoms. The molecule has 0 spiro atoms. The van der Waals surface area contributed by atoms with Crippen LogP contribution >= 0.6 is 0 Å². The Morgan fingerprint density at radius 3 is 2.53 bits per heavy atom. The van der Waals surface area contributed by atoms with E-state index in [9.17, 15) is 0 Å². The van der Waals surface area contributed by atoms with Gasteiger partial charge in [0.15, 0.2) is 0 Å². The summed E-state index contributed by atoms with van der Waals surface area (Å²) in [5.74, 6) is 1.52. The fourth-order valence-corrected chi connectivity index (χ4v) is 2.32. The molecule has 0 radical (unpaired) electrons. The fraction of sp³-hybridized carbons (Fsp3) is 0.857. The van der Waals surface area contributed by atoms with Crippen LogP contribution in [-0.4, -0.2) is 12.6 Å². The molecule has 0 saturated heterocycles. The van der Waals surface area contributed by atoms with E-state index in [1.54, 1.807) is 5.57 Å². The molecule has 15 heavy (non-hydrogen) atoms. The van der Waals surface area contributed by atoms with E-state index in [1.807, 2.05) is 0 Å². The van der Waals surface area contributed by atoms with Gasteiger partial charge < -0.3 is 5.32 Å². The maximum absolute atomic E-state index is 3.72. The van der Waals surface area contributed by atoms with Gasteiger partial charge in [0, 0.05) is 6.04 Å². The second kappa shape index (κ2) is 6.32. The van der Waals surface area contributed by atoms with Crippen LogP contribution < -0.4 is 5.32 Å². The lowest BCUT2D eigenvalue weighted by molar-refractivity contribution is 0.325.